The molecule has 0 spiro atoms. The fraction of sp³-hybridized carbons (Fsp3) is 0.119. The molecular weight excluding hydrogens is 901 g/mol. The molecule has 0 aliphatic heterocycles. The molecule has 10 rings (SSSR count). The Morgan fingerprint density at radius 2 is 0.957 bits per heavy atom. The monoisotopic (exact) mass is 956 g/mol. The summed E-state index contributed by atoms with van der Waals surface area (Å²) in [5.74, 6) is 2.52. The number of hydrogen-bond acceptors (Lipinski definition) is 11. The Morgan fingerprint density at radius 3 is 1.44 bits per heavy atom. The third kappa shape index (κ3) is 12.2. The van der Waals surface area contributed by atoms with E-state index in [1.165, 1.54) is 46.1 Å². The van der Waals surface area contributed by atoms with Crippen LogP contribution in [0.15, 0.2) is 204 Å². The molecule has 6 aromatic carbocycles. The molecule has 0 saturated carbocycles. The van der Waals surface area contributed by atoms with Crippen LogP contribution in [-0.2, 0) is 6.54 Å². The first-order chi connectivity index (χ1) is 34.4. The van der Waals surface area contributed by atoms with E-state index in [1.807, 2.05) is 80.8 Å². The van der Waals surface area contributed by atoms with Crippen molar-refractivity contribution in [3.05, 3.63) is 211 Å². The van der Waals surface area contributed by atoms with Crippen LogP contribution in [0.3, 0.4) is 0 Å². The van der Waals surface area contributed by atoms with Crippen LogP contribution in [0.1, 0.15) is 30.5 Å². The summed E-state index contributed by atoms with van der Waals surface area (Å²) in [6.45, 7) is 10.1. The molecule has 9 nitrogen and oxygen atoms in total. The minimum absolute atomic E-state index is 0.520. The third-order valence-electron chi connectivity index (χ3n) is 11.3. The van der Waals surface area contributed by atoms with E-state index in [4.69, 9.17) is 25.0 Å². The first-order valence-electron chi connectivity index (χ1n) is 23.3. The van der Waals surface area contributed by atoms with E-state index in [-0.39, 0.29) is 0 Å². The number of anilines is 2. The Morgan fingerprint density at radius 1 is 0.486 bits per heavy atom. The quantitative estimate of drug-likeness (QED) is 0.0612. The molecular formula is C59H56N8OS2. The van der Waals surface area contributed by atoms with Crippen molar-refractivity contribution in [2.75, 3.05) is 23.8 Å². The molecule has 0 saturated heterocycles. The number of nitrogens with two attached hydrogens (primary N) is 2. The summed E-state index contributed by atoms with van der Waals surface area (Å²) in [5, 5.41) is 23.1. The van der Waals surface area contributed by atoms with Gasteiger partial charge in [-0.05, 0) is 113 Å². The molecule has 6 N–H and O–H groups in total. The smallest absolute Gasteiger partial charge is 0.135 e. The lowest BCUT2D eigenvalue weighted by molar-refractivity contribution is 0.333. The summed E-state index contributed by atoms with van der Waals surface area (Å²) in [5.41, 5.74) is 11.9. The highest BCUT2D eigenvalue weighted by Crippen LogP contribution is 2.38. The Kier molecular flexibility index (Phi) is 16.9. The molecule has 11 heteroatoms. The van der Waals surface area contributed by atoms with Crippen molar-refractivity contribution < 1.29 is 4.74 Å². The Labute approximate surface area is 419 Å². The zero-order valence-electron chi connectivity index (χ0n) is 39.8. The van der Waals surface area contributed by atoms with Gasteiger partial charge in [0.1, 0.15) is 24.0 Å². The lowest BCUT2D eigenvalue weighted by Gasteiger charge is -2.16. The second-order valence-electron chi connectivity index (χ2n) is 16.2. The van der Waals surface area contributed by atoms with Crippen molar-refractivity contribution in [1.82, 2.24) is 19.9 Å². The van der Waals surface area contributed by atoms with Crippen molar-refractivity contribution in [2.24, 2.45) is 10.3 Å². The van der Waals surface area contributed by atoms with Gasteiger partial charge in [-0.15, -0.1) is 0 Å². The zero-order valence-corrected chi connectivity index (χ0v) is 41.4. The predicted octanol–water partition coefficient (Wildman–Crippen LogP) is 14.6. The van der Waals surface area contributed by atoms with Crippen LogP contribution in [0.5, 0.6) is 5.75 Å². The summed E-state index contributed by atoms with van der Waals surface area (Å²) in [7, 11) is 0. The predicted molar refractivity (Wildman–Crippen MR) is 296 cm³/mol. The van der Waals surface area contributed by atoms with Crippen molar-refractivity contribution in [3.8, 4) is 50.5 Å². The molecule has 0 radical (unpaired) electrons. The van der Waals surface area contributed by atoms with Gasteiger partial charge in [0.2, 0.25) is 0 Å². The van der Waals surface area contributed by atoms with Gasteiger partial charge in [0.25, 0.3) is 0 Å². The number of aromatic nitrogens is 4. The SMILES string of the molecule is CC.Cc1cc(C)cc(CNc2nc(-c3cncc(SN)c3)cc3cccc(-c4ccccc4)c23)c1.NSc1cncc(-c2cc3cccc(-c4ccccc4)c3c(NCCOc3ccccc3)n2)c1. The number of benzene rings is 6. The summed E-state index contributed by atoms with van der Waals surface area (Å²) < 4.78 is 5.88. The second-order valence-corrected chi connectivity index (χ2v) is 17.7. The number of para-hydroxylation sites is 1. The highest BCUT2D eigenvalue weighted by Gasteiger charge is 2.16. The van der Waals surface area contributed by atoms with Crippen LogP contribution in [0, 0.1) is 13.8 Å². The van der Waals surface area contributed by atoms with E-state index in [0.717, 1.165) is 87.9 Å². The van der Waals surface area contributed by atoms with Gasteiger partial charge in [-0.3, -0.25) is 20.2 Å². The average Bonchev–Trinajstić information content (AvgIpc) is 3.42. The van der Waals surface area contributed by atoms with Gasteiger partial charge in [-0.2, -0.15) is 0 Å². The van der Waals surface area contributed by atoms with E-state index >= 15 is 0 Å². The number of nitrogens with one attached hydrogen (secondary N) is 2. The molecule has 0 aliphatic carbocycles. The maximum absolute atomic E-state index is 5.88. The van der Waals surface area contributed by atoms with Gasteiger partial charge in [-0.25, -0.2) is 9.97 Å². The van der Waals surface area contributed by atoms with E-state index in [1.54, 1.807) is 12.4 Å². The molecule has 0 bridgehead atoms. The number of ether oxygens (including phenoxy) is 1. The van der Waals surface area contributed by atoms with Crippen LogP contribution >= 0.6 is 23.9 Å². The zero-order chi connectivity index (χ0) is 48.7. The number of hydrogen-bond donors (Lipinski definition) is 4. The molecule has 4 heterocycles. The van der Waals surface area contributed by atoms with Gasteiger partial charge in [0.15, 0.2) is 0 Å². The topological polar surface area (TPSA) is 137 Å². The lowest BCUT2D eigenvalue weighted by Crippen LogP contribution is -2.13. The van der Waals surface area contributed by atoms with Gasteiger partial charge < -0.3 is 15.4 Å². The van der Waals surface area contributed by atoms with Gasteiger partial charge in [0, 0.05) is 63.0 Å². The molecule has 0 amide bonds. The fourth-order valence-corrected chi connectivity index (χ4v) is 8.98. The Hall–Kier alpha value is -7.54. The number of aryl methyl sites for hydroxylation is 2. The van der Waals surface area contributed by atoms with E-state index in [9.17, 15) is 0 Å². The van der Waals surface area contributed by atoms with E-state index in [2.05, 4.69) is 150 Å². The van der Waals surface area contributed by atoms with E-state index in [0.29, 0.717) is 19.7 Å². The van der Waals surface area contributed by atoms with Gasteiger partial charge >= 0.3 is 0 Å². The van der Waals surface area contributed by atoms with Crippen LogP contribution in [0.2, 0.25) is 0 Å². The molecule has 0 unspecified atom stereocenters. The number of rotatable bonds is 14. The first kappa shape index (κ1) is 48.9. The van der Waals surface area contributed by atoms with Crippen molar-refractivity contribution in [3.63, 3.8) is 0 Å². The van der Waals surface area contributed by atoms with Gasteiger partial charge in [-0.1, -0.05) is 158 Å². The van der Waals surface area contributed by atoms with Crippen molar-refractivity contribution in [1.29, 1.82) is 0 Å². The average molecular weight is 957 g/mol. The van der Waals surface area contributed by atoms with Crippen LogP contribution in [0.25, 0.3) is 66.3 Å². The third-order valence-corrected chi connectivity index (χ3v) is 12.3. The minimum atomic E-state index is 0.520. The molecule has 0 fully saturated rings. The fourth-order valence-electron chi connectivity index (χ4n) is 8.35. The molecule has 4 aromatic heterocycles. The van der Waals surface area contributed by atoms with Gasteiger partial charge in [0.05, 0.1) is 17.9 Å². The second kappa shape index (κ2) is 24.1. The Balaban J connectivity index is 0.000000182. The summed E-state index contributed by atoms with van der Waals surface area (Å²) in [6, 6.07) is 58.3. The summed E-state index contributed by atoms with van der Waals surface area (Å²) in [6.07, 6.45) is 7.17. The first-order valence-corrected chi connectivity index (χ1v) is 25.0. The molecule has 0 aliphatic rings. The van der Waals surface area contributed by atoms with E-state index < -0.39 is 0 Å². The minimum Gasteiger partial charge on any atom is -0.492 e. The van der Waals surface area contributed by atoms with Crippen LogP contribution < -0.4 is 25.6 Å². The molecule has 70 heavy (non-hydrogen) atoms. The molecule has 0 atom stereocenters. The lowest BCUT2D eigenvalue weighted by atomic mass is 9.97. The number of fused-ring (bicyclic) bond motifs is 2. The van der Waals surface area contributed by atoms with Crippen LogP contribution in [-0.4, -0.2) is 33.1 Å². The summed E-state index contributed by atoms with van der Waals surface area (Å²) in [4.78, 5) is 20.6. The number of pyridine rings is 4. The van der Waals surface area contributed by atoms with Crippen molar-refractivity contribution >= 4 is 57.1 Å². The molecule has 350 valence electrons. The van der Waals surface area contributed by atoms with Crippen molar-refractivity contribution in [2.45, 2.75) is 44.0 Å². The standard InChI is InChI=1S/C29H26N4S.C28H24N4OS.C2H6/c1-19-11-20(2)13-21(12-19)16-32-29-28-23(9-6-10-26(28)22-7-4-3-5-8-22)15-27(33-29)24-14-25(34-30)18-31-17-24;29-34-24-16-22(18-30-19-24)26-17-21-10-7-13-25(20-8-3-1-4-9-20)27(21)28(32-26)31-14-15-33-23-11-5-2-6-12-23;1-2/h3-15,17-18H,16,30H2,1-2H3,(H,32,33);1-13,16-19H,14-15,29H2,(H,31,32);1-2H3. The largest absolute Gasteiger partial charge is 0.492 e. The normalized spacial score (nSPS) is 10.7. The maximum Gasteiger partial charge on any atom is 0.135 e. The summed E-state index contributed by atoms with van der Waals surface area (Å²) >= 11 is 2.37. The van der Waals surface area contributed by atoms with Crippen LogP contribution in [0.4, 0.5) is 11.6 Å². The Bertz CT molecular complexity index is 3280. The highest BCUT2D eigenvalue weighted by atomic mass is 32.2. The molecule has 10 aromatic rings. The maximum atomic E-state index is 5.88. The highest BCUT2D eigenvalue weighted by molar-refractivity contribution is 7.97. The number of nitrogens with zero attached hydrogens (tertiary/aromatic N) is 4.